The zero-order chi connectivity index (χ0) is 12.5. The Hall–Kier alpha value is -1.02. The molecule has 1 aliphatic carbocycles. The van der Waals surface area contributed by atoms with Crippen LogP contribution < -0.4 is 4.90 Å². The van der Waals surface area contributed by atoms with Crippen LogP contribution in [0.2, 0.25) is 0 Å². The van der Waals surface area contributed by atoms with Crippen LogP contribution >= 0.6 is 0 Å². The fourth-order valence-corrected chi connectivity index (χ4v) is 3.37. The second-order valence-electron chi connectivity index (χ2n) is 5.86. The molecule has 18 heavy (non-hydrogen) atoms. The Balaban J connectivity index is 1.92. The van der Waals surface area contributed by atoms with Crippen LogP contribution in [0.1, 0.15) is 29.5 Å². The van der Waals surface area contributed by atoms with Crippen LogP contribution in [0.25, 0.3) is 0 Å². The molecule has 0 N–H and O–H groups in total. The SMILES string of the molecule is Cc1ccc(N2CCN(C)CC2)c2c1CCCC2. The zero-order valence-electron chi connectivity index (χ0n) is 11.7. The number of rotatable bonds is 1. The van der Waals surface area contributed by atoms with Crippen molar-refractivity contribution >= 4 is 5.69 Å². The number of hydrogen-bond acceptors (Lipinski definition) is 2. The van der Waals surface area contributed by atoms with Crippen LogP contribution in [0.4, 0.5) is 5.69 Å². The van der Waals surface area contributed by atoms with Crippen LogP contribution in [-0.4, -0.2) is 38.1 Å². The lowest BCUT2D eigenvalue weighted by Crippen LogP contribution is -2.45. The molecule has 1 aliphatic heterocycles. The Labute approximate surface area is 111 Å². The third-order valence-electron chi connectivity index (χ3n) is 4.59. The van der Waals surface area contributed by atoms with Crippen LogP contribution in [0.5, 0.6) is 0 Å². The first kappa shape index (κ1) is 12.0. The third kappa shape index (κ3) is 2.14. The van der Waals surface area contributed by atoms with Crippen molar-refractivity contribution in [3.8, 4) is 0 Å². The number of nitrogens with zero attached hydrogens (tertiary/aromatic N) is 2. The number of anilines is 1. The first-order chi connectivity index (χ1) is 8.75. The van der Waals surface area contributed by atoms with Gasteiger partial charge in [-0.15, -0.1) is 0 Å². The van der Waals surface area contributed by atoms with Crippen LogP contribution in [0, 0.1) is 6.92 Å². The van der Waals surface area contributed by atoms with Gasteiger partial charge in [0, 0.05) is 31.9 Å². The molecule has 0 amide bonds. The molecular weight excluding hydrogens is 220 g/mol. The maximum Gasteiger partial charge on any atom is 0.0402 e. The van der Waals surface area contributed by atoms with E-state index in [9.17, 15) is 0 Å². The largest absolute Gasteiger partial charge is 0.369 e. The van der Waals surface area contributed by atoms with Crippen molar-refractivity contribution in [2.45, 2.75) is 32.6 Å². The maximum absolute atomic E-state index is 2.60. The normalized spacial score (nSPS) is 20.9. The molecule has 1 saturated heterocycles. The van der Waals surface area contributed by atoms with Gasteiger partial charge in [0.2, 0.25) is 0 Å². The van der Waals surface area contributed by atoms with Gasteiger partial charge in [0.15, 0.2) is 0 Å². The van der Waals surface area contributed by atoms with Crippen molar-refractivity contribution in [1.29, 1.82) is 0 Å². The molecule has 2 aliphatic rings. The molecule has 3 rings (SSSR count). The highest BCUT2D eigenvalue weighted by molar-refractivity contribution is 5.60. The van der Waals surface area contributed by atoms with E-state index < -0.39 is 0 Å². The molecule has 0 bridgehead atoms. The van der Waals surface area contributed by atoms with E-state index in [1.54, 1.807) is 11.1 Å². The Bertz CT molecular complexity index is 431. The number of fused-ring (bicyclic) bond motifs is 1. The molecule has 0 unspecified atom stereocenters. The van der Waals surface area contributed by atoms with E-state index in [1.165, 1.54) is 63.1 Å². The minimum atomic E-state index is 1.19. The number of piperazine rings is 1. The highest BCUT2D eigenvalue weighted by atomic mass is 15.2. The molecule has 0 saturated carbocycles. The van der Waals surface area contributed by atoms with Crippen molar-refractivity contribution in [3.05, 3.63) is 28.8 Å². The second-order valence-corrected chi connectivity index (χ2v) is 5.86. The smallest absolute Gasteiger partial charge is 0.0402 e. The lowest BCUT2D eigenvalue weighted by atomic mass is 9.87. The molecule has 1 fully saturated rings. The molecule has 2 heteroatoms. The monoisotopic (exact) mass is 244 g/mol. The van der Waals surface area contributed by atoms with Gasteiger partial charge >= 0.3 is 0 Å². The average molecular weight is 244 g/mol. The quantitative estimate of drug-likeness (QED) is 0.749. The van der Waals surface area contributed by atoms with Gasteiger partial charge in [-0.25, -0.2) is 0 Å². The van der Waals surface area contributed by atoms with Gasteiger partial charge in [-0.3, -0.25) is 0 Å². The van der Waals surface area contributed by atoms with Gasteiger partial charge < -0.3 is 9.80 Å². The molecular formula is C16H24N2. The highest BCUT2D eigenvalue weighted by Gasteiger charge is 2.21. The zero-order valence-corrected chi connectivity index (χ0v) is 11.7. The molecule has 1 aromatic rings. The number of likely N-dealkylation sites (N-methyl/N-ethyl adjacent to an activating group) is 1. The second kappa shape index (κ2) is 4.93. The summed E-state index contributed by atoms with van der Waals surface area (Å²) in [6, 6.07) is 4.70. The number of aryl methyl sites for hydroxylation is 1. The third-order valence-corrected chi connectivity index (χ3v) is 4.59. The summed E-state index contributed by atoms with van der Waals surface area (Å²) in [5.41, 5.74) is 6.34. The summed E-state index contributed by atoms with van der Waals surface area (Å²) in [5.74, 6) is 0. The van der Waals surface area contributed by atoms with E-state index in [-0.39, 0.29) is 0 Å². The van der Waals surface area contributed by atoms with E-state index in [0.717, 1.165) is 0 Å². The maximum atomic E-state index is 2.60. The van der Waals surface area contributed by atoms with E-state index in [1.807, 2.05) is 0 Å². The molecule has 1 heterocycles. The summed E-state index contributed by atoms with van der Waals surface area (Å²) in [5, 5.41) is 0. The molecule has 0 spiro atoms. The Morgan fingerprint density at radius 1 is 0.889 bits per heavy atom. The molecule has 0 atom stereocenters. The predicted molar refractivity (Wildman–Crippen MR) is 77.5 cm³/mol. The van der Waals surface area contributed by atoms with Crippen LogP contribution in [-0.2, 0) is 12.8 Å². The summed E-state index contributed by atoms with van der Waals surface area (Å²) < 4.78 is 0. The van der Waals surface area contributed by atoms with Gasteiger partial charge in [-0.05, 0) is 62.4 Å². The lowest BCUT2D eigenvalue weighted by molar-refractivity contribution is 0.312. The van der Waals surface area contributed by atoms with Gasteiger partial charge in [0.1, 0.15) is 0 Å². The van der Waals surface area contributed by atoms with Crippen LogP contribution in [0.3, 0.4) is 0 Å². The number of hydrogen-bond donors (Lipinski definition) is 0. The molecule has 0 aromatic heterocycles. The van der Waals surface area contributed by atoms with E-state index >= 15 is 0 Å². The van der Waals surface area contributed by atoms with Gasteiger partial charge in [0.25, 0.3) is 0 Å². The Kier molecular flexibility index (Phi) is 3.29. The Morgan fingerprint density at radius 3 is 2.28 bits per heavy atom. The molecule has 0 radical (unpaired) electrons. The van der Waals surface area contributed by atoms with E-state index in [2.05, 4.69) is 35.9 Å². The van der Waals surface area contributed by atoms with E-state index in [0.29, 0.717) is 0 Å². The van der Waals surface area contributed by atoms with Gasteiger partial charge in [0.05, 0.1) is 0 Å². The molecule has 2 nitrogen and oxygen atoms in total. The van der Waals surface area contributed by atoms with E-state index in [4.69, 9.17) is 0 Å². The van der Waals surface area contributed by atoms with Crippen molar-refractivity contribution in [3.63, 3.8) is 0 Å². The minimum Gasteiger partial charge on any atom is -0.369 e. The summed E-state index contributed by atoms with van der Waals surface area (Å²) >= 11 is 0. The fraction of sp³-hybridized carbons (Fsp3) is 0.625. The topological polar surface area (TPSA) is 6.48 Å². The fourth-order valence-electron chi connectivity index (χ4n) is 3.37. The summed E-state index contributed by atoms with van der Waals surface area (Å²) in [6.07, 6.45) is 5.33. The van der Waals surface area contributed by atoms with Gasteiger partial charge in [-0.1, -0.05) is 6.07 Å². The highest BCUT2D eigenvalue weighted by Crippen LogP contribution is 2.33. The van der Waals surface area contributed by atoms with Gasteiger partial charge in [-0.2, -0.15) is 0 Å². The first-order valence-electron chi connectivity index (χ1n) is 7.30. The summed E-state index contributed by atoms with van der Waals surface area (Å²) in [4.78, 5) is 5.03. The van der Waals surface area contributed by atoms with Crippen molar-refractivity contribution in [1.82, 2.24) is 4.90 Å². The van der Waals surface area contributed by atoms with Crippen molar-refractivity contribution in [2.24, 2.45) is 0 Å². The first-order valence-corrected chi connectivity index (χ1v) is 7.30. The standard InChI is InChI=1S/C16H24N2/c1-13-7-8-16(15-6-4-3-5-14(13)15)18-11-9-17(2)10-12-18/h7-8H,3-6,9-12H2,1-2H3. The number of benzene rings is 1. The summed E-state index contributed by atoms with van der Waals surface area (Å²) in [6.45, 7) is 7.04. The minimum absolute atomic E-state index is 1.19. The van der Waals surface area contributed by atoms with Crippen molar-refractivity contribution in [2.75, 3.05) is 38.1 Å². The predicted octanol–water partition coefficient (Wildman–Crippen LogP) is 2.63. The molecule has 98 valence electrons. The average Bonchev–Trinajstić information content (AvgIpc) is 2.41. The lowest BCUT2D eigenvalue weighted by Gasteiger charge is -2.36. The van der Waals surface area contributed by atoms with Crippen molar-refractivity contribution < 1.29 is 0 Å². The molecule has 1 aromatic carbocycles. The summed E-state index contributed by atoms with van der Waals surface area (Å²) in [7, 11) is 2.22. The van der Waals surface area contributed by atoms with Crippen LogP contribution in [0.15, 0.2) is 12.1 Å². The Morgan fingerprint density at radius 2 is 1.56 bits per heavy atom.